The highest BCUT2D eigenvalue weighted by Gasteiger charge is 2.04. The molecule has 0 saturated heterocycles. The first-order valence-electron chi connectivity index (χ1n) is 6.65. The number of unbranched alkanes of at least 4 members (excludes halogenated alkanes) is 1. The number of esters is 2. The molecule has 0 aliphatic heterocycles. The molecule has 0 spiro atoms. The Labute approximate surface area is 118 Å². The van der Waals surface area contributed by atoms with Gasteiger partial charge in [-0.3, -0.25) is 14.4 Å². The van der Waals surface area contributed by atoms with Crippen molar-refractivity contribution in [3.05, 3.63) is 12.3 Å². The van der Waals surface area contributed by atoms with Gasteiger partial charge in [-0.2, -0.15) is 0 Å². The summed E-state index contributed by atoms with van der Waals surface area (Å²) in [5.41, 5.74) is 0. The molecule has 1 N–H and O–H groups in total. The van der Waals surface area contributed by atoms with Crippen molar-refractivity contribution in [2.45, 2.75) is 58.5 Å². The monoisotopic (exact) mass is 286 g/mol. The minimum atomic E-state index is -0.861. The summed E-state index contributed by atoms with van der Waals surface area (Å²) in [6.45, 7) is 3.15. The van der Waals surface area contributed by atoms with E-state index in [9.17, 15) is 14.4 Å². The van der Waals surface area contributed by atoms with E-state index in [0.29, 0.717) is 25.7 Å². The molecule has 1 atom stereocenters. The van der Waals surface area contributed by atoms with Crippen molar-refractivity contribution in [3.8, 4) is 0 Å². The van der Waals surface area contributed by atoms with Crippen LogP contribution in [0.15, 0.2) is 12.3 Å². The molecule has 0 aromatic rings. The number of allylic oxidation sites excluding steroid dienone is 1. The highest BCUT2D eigenvalue weighted by Crippen LogP contribution is 2.04. The van der Waals surface area contributed by atoms with Crippen molar-refractivity contribution in [2.75, 3.05) is 0 Å². The van der Waals surface area contributed by atoms with Gasteiger partial charge in [-0.05, 0) is 38.7 Å². The average Bonchev–Trinajstić information content (AvgIpc) is 2.33. The SMILES string of the molecule is CC(=O)OC(C)CCC=COC(=O)CCCCC(=O)O. The quantitative estimate of drug-likeness (QED) is 0.377. The van der Waals surface area contributed by atoms with E-state index in [1.165, 1.54) is 13.2 Å². The topological polar surface area (TPSA) is 89.9 Å². The molecule has 6 nitrogen and oxygen atoms in total. The molecule has 0 saturated carbocycles. The van der Waals surface area contributed by atoms with Gasteiger partial charge in [0.05, 0.1) is 12.4 Å². The van der Waals surface area contributed by atoms with Crippen LogP contribution in [-0.4, -0.2) is 29.1 Å². The van der Waals surface area contributed by atoms with Crippen LogP contribution in [0, 0.1) is 0 Å². The van der Waals surface area contributed by atoms with Crippen molar-refractivity contribution in [2.24, 2.45) is 0 Å². The van der Waals surface area contributed by atoms with Crippen LogP contribution < -0.4 is 0 Å². The molecule has 0 aliphatic carbocycles. The zero-order valence-electron chi connectivity index (χ0n) is 12.0. The fourth-order valence-corrected chi connectivity index (χ4v) is 1.47. The van der Waals surface area contributed by atoms with Gasteiger partial charge in [0.2, 0.25) is 0 Å². The lowest BCUT2D eigenvalue weighted by atomic mass is 10.2. The highest BCUT2D eigenvalue weighted by atomic mass is 16.5. The van der Waals surface area contributed by atoms with Crippen LogP contribution in [0.4, 0.5) is 0 Å². The van der Waals surface area contributed by atoms with Crippen LogP contribution in [0.1, 0.15) is 52.4 Å². The Kier molecular flexibility index (Phi) is 10.00. The lowest BCUT2D eigenvalue weighted by Crippen LogP contribution is -2.11. The third kappa shape index (κ3) is 12.6. The molecule has 20 heavy (non-hydrogen) atoms. The molecular weight excluding hydrogens is 264 g/mol. The molecule has 0 fully saturated rings. The van der Waals surface area contributed by atoms with E-state index in [1.807, 2.05) is 0 Å². The predicted molar refractivity (Wildman–Crippen MR) is 71.8 cm³/mol. The summed E-state index contributed by atoms with van der Waals surface area (Å²) >= 11 is 0. The van der Waals surface area contributed by atoms with Gasteiger partial charge >= 0.3 is 17.9 Å². The molecular formula is C14H22O6. The Morgan fingerprint density at radius 2 is 1.85 bits per heavy atom. The Balaban J connectivity index is 3.56. The predicted octanol–water partition coefficient (Wildman–Crippen LogP) is 2.42. The van der Waals surface area contributed by atoms with Crippen LogP contribution in [0.25, 0.3) is 0 Å². The van der Waals surface area contributed by atoms with Crippen LogP contribution >= 0.6 is 0 Å². The number of ether oxygens (including phenoxy) is 2. The summed E-state index contributed by atoms with van der Waals surface area (Å²) in [6, 6.07) is 0. The van der Waals surface area contributed by atoms with Gasteiger partial charge in [0.25, 0.3) is 0 Å². The Hall–Kier alpha value is -1.85. The highest BCUT2D eigenvalue weighted by molar-refractivity contribution is 5.70. The molecule has 0 heterocycles. The number of rotatable bonds is 10. The fourth-order valence-electron chi connectivity index (χ4n) is 1.47. The van der Waals surface area contributed by atoms with E-state index in [0.717, 1.165) is 0 Å². The lowest BCUT2D eigenvalue weighted by Gasteiger charge is -2.09. The maximum atomic E-state index is 11.2. The largest absolute Gasteiger partial charge is 0.481 e. The van der Waals surface area contributed by atoms with Gasteiger partial charge in [-0.25, -0.2) is 0 Å². The van der Waals surface area contributed by atoms with Gasteiger partial charge in [-0.1, -0.05) is 0 Å². The molecule has 6 heteroatoms. The first kappa shape index (κ1) is 18.1. The number of carboxylic acid groups (broad SMARTS) is 1. The summed E-state index contributed by atoms with van der Waals surface area (Å²) < 4.78 is 9.77. The van der Waals surface area contributed by atoms with Crippen molar-refractivity contribution in [1.82, 2.24) is 0 Å². The van der Waals surface area contributed by atoms with Crippen LogP contribution in [-0.2, 0) is 23.9 Å². The Morgan fingerprint density at radius 1 is 1.20 bits per heavy atom. The number of aliphatic carboxylic acids is 1. The first-order chi connectivity index (χ1) is 9.41. The van der Waals surface area contributed by atoms with Crippen molar-refractivity contribution in [3.63, 3.8) is 0 Å². The second-order valence-electron chi connectivity index (χ2n) is 4.46. The Bertz CT molecular complexity index is 348. The number of carbonyl (C=O) groups excluding carboxylic acids is 2. The van der Waals surface area contributed by atoms with Gasteiger partial charge in [0, 0.05) is 19.8 Å². The normalized spacial score (nSPS) is 12.1. The van der Waals surface area contributed by atoms with Crippen LogP contribution in [0.3, 0.4) is 0 Å². The number of hydrogen-bond donors (Lipinski definition) is 1. The molecule has 114 valence electrons. The maximum Gasteiger partial charge on any atom is 0.310 e. The smallest absolute Gasteiger partial charge is 0.310 e. The minimum Gasteiger partial charge on any atom is -0.481 e. The van der Waals surface area contributed by atoms with Crippen molar-refractivity contribution in [1.29, 1.82) is 0 Å². The van der Waals surface area contributed by atoms with E-state index in [-0.39, 0.29) is 30.9 Å². The third-order valence-electron chi connectivity index (χ3n) is 2.42. The fraction of sp³-hybridized carbons (Fsp3) is 0.643. The third-order valence-corrected chi connectivity index (χ3v) is 2.42. The molecule has 0 aliphatic rings. The lowest BCUT2D eigenvalue weighted by molar-refractivity contribution is -0.145. The number of carboxylic acids is 1. The van der Waals surface area contributed by atoms with Crippen molar-refractivity contribution >= 4 is 17.9 Å². The molecule has 0 aromatic heterocycles. The second-order valence-corrected chi connectivity index (χ2v) is 4.46. The molecule has 0 rings (SSSR count). The first-order valence-corrected chi connectivity index (χ1v) is 6.65. The van der Waals surface area contributed by atoms with E-state index in [4.69, 9.17) is 14.6 Å². The van der Waals surface area contributed by atoms with Crippen LogP contribution in [0.2, 0.25) is 0 Å². The van der Waals surface area contributed by atoms with Crippen LogP contribution in [0.5, 0.6) is 0 Å². The van der Waals surface area contributed by atoms with Gasteiger partial charge in [0.1, 0.15) is 0 Å². The number of carbonyl (C=O) groups is 3. The summed E-state index contributed by atoms with van der Waals surface area (Å²) in [5.74, 6) is -1.55. The van der Waals surface area contributed by atoms with E-state index in [1.54, 1.807) is 13.0 Å². The Morgan fingerprint density at radius 3 is 2.45 bits per heavy atom. The molecule has 1 unspecified atom stereocenters. The maximum absolute atomic E-state index is 11.2. The molecule has 0 radical (unpaired) electrons. The van der Waals surface area contributed by atoms with Gasteiger partial charge < -0.3 is 14.6 Å². The zero-order valence-corrected chi connectivity index (χ0v) is 12.0. The summed E-state index contributed by atoms with van der Waals surface area (Å²) in [5, 5.41) is 8.42. The minimum absolute atomic E-state index is 0.0666. The molecule has 0 bridgehead atoms. The summed E-state index contributed by atoms with van der Waals surface area (Å²) in [7, 11) is 0. The summed E-state index contributed by atoms with van der Waals surface area (Å²) in [6.07, 6.45) is 5.39. The van der Waals surface area contributed by atoms with E-state index >= 15 is 0 Å². The second kappa shape index (κ2) is 11.0. The van der Waals surface area contributed by atoms with Gasteiger partial charge in [0.15, 0.2) is 0 Å². The van der Waals surface area contributed by atoms with Gasteiger partial charge in [-0.15, -0.1) is 0 Å². The standard InChI is InChI=1S/C14H22O6/c1-11(20-12(2)15)7-5-6-10-19-14(18)9-4-3-8-13(16)17/h6,10-11H,3-5,7-9H2,1-2H3,(H,16,17). The van der Waals surface area contributed by atoms with E-state index < -0.39 is 5.97 Å². The van der Waals surface area contributed by atoms with Crippen molar-refractivity contribution < 1.29 is 29.0 Å². The summed E-state index contributed by atoms with van der Waals surface area (Å²) in [4.78, 5) is 32.1. The van der Waals surface area contributed by atoms with E-state index in [2.05, 4.69) is 0 Å². The average molecular weight is 286 g/mol. The number of hydrogen-bond acceptors (Lipinski definition) is 5. The molecule has 0 amide bonds. The zero-order chi connectivity index (χ0) is 15.4. The molecule has 0 aromatic carbocycles.